The van der Waals surface area contributed by atoms with E-state index in [-0.39, 0.29) is 30.9 Å². The number of aryl methyl sites for hydroxylation is 1. The van der Waals surface area contributed by atoms with Crippen LogP contribution in [0.25, 0.3) is 0 Å². The molecule has 0 fully saturated rings. The molecule has 14 heteroatoms. The number of carbonyl (C=O) groups is 4. The minimum atomic E-state index is -3.43. The molecule has 0 saturated heterocycles. The van der Waals surface area contributed by atoms with Gasteiger partial charge in [-0.1, -0.05) is 32.0 Å². The number of anilines is 1. The Morgan fingerprint density at radius 3 is 2.16 bits per heavy atom. The van der Waals surface area contributed by atoms with Gasteiger partial charge in [0.25, 0.3) is 11.9 Å². The molecule has 0 radical (unpaired) electrons. The highest BCUT2D eigenvalue weighted by molar-refractivity contribution is 5.94. The second-order valence-corrected chi connectivity index (χ2v) is 9.36. The van der Waals surface area contributed by atoms with E-state index in [0.29, 0.717) is 5.56 Å². The van der Waals surface area contributed by atoms with Crippen LogP contribution in [0.4, 0.5) is 5.69 Å². The molecule has 0 aromatic heterocycles. The van der Waals surface area contributed by atoms with Crippen LogP contribution in [-0.4, -0.2) is 91.1 Å². The van der Waals surface area contributed by atoms with Crippen molar-refractivity contribution in [2.45, 2.75) is 76.2 Å². The molecule has 38 heavy (non-hydrogen) atoms. The van der Waals surface area contributed by atoms with Crippen LogP contribution in [0.2, 0.25) is 0 Å². The van der Waals surface area contributed by atoms with E-state index in [2.05, 4.69) is 16.0 Å². The van der Waals surface area contributed by atoms with E-state index < -0.39 is 73.3 Å². The first kappa shape index (κ1) is 32.9. The van der Waals surface area contributed by atoms with Gasteiger partial charge in [0.05, 0.1) is 6.61 Å². The molecule has 11 N–H and O–H groups in total. The van der Waals surface area contributed by atoms with E-state index >= 15 is 0 Å². The van der Waals surface area contributed by atoms with Gasteiger partial charge in [0.2, 0.25) is 11.8 Å². The third kappa shape index (κ3) is 11.5. The number of rotatable bonds is 16. The minimum Gasteiger partial charge on any atom is -0.481 e. The normalized spacial score (nSPS) is 14.8. The average molecular weight is 543 g/mol. The van der Waals surface area contributed by atoms with Gasteiger partial charge in [0.1, 0.15) is 24.2 Å². The quantitative estimate of drug-likeness (QED) is 0.0998. The van der Waals surface area contributed by atoms with E-state index in [9.17, 15) is 39.6 Å². The number of amides is 3. The second kappa shape index (κ2) is 15.3. The Labute approximate surface area is 219 Å². The van der Waals surface area contributed by atoms with Crippen molar-refractivity contribution in [1.82, 2.24) is 10.6 Å². The molecule has 1 aromatic carbocycles. The van der Waals surface area contributed by atoms with Crippen LogP contribution in [0.5, 0.6) is 0 Å². The molecule has 4 atom stereocenters. The Balaban J connectivity index is 2.87. The predicted octanol–water partition coefficient (Wildman–Crippen LogP) is -2.25. The second-order valence-electron chi connectivity index (χ2n) is 9.36. The maximum absolute atomic E-state index is 12.8. The highest BCUT2D eigenvalue weighted by Crippen LogP contribution is 2.19. The smallest absolute Gasteiger partial charge is 0.303 e. The summed E-state index contributed by atoms with van der Waals surface area (Å²) >= 11 is 0. The monoisotopic (exact) mass is 542 g/mol. The van der Waals surface area contributed by atoms with Crippen LogP contribution in [-0.2, 0) is 25.6 Å². The van der Waals surface area contributed by atoms with Crippen LogP contribution < -0.4 is 21.7 Å². The number of carbonyl (C=O) groups excluding carboxylic acids is 3. The zero-order valence-corrected chi connectivity index (χ0v) is 21.3. The largest absolute Gasteiger partial charge is 0.481 e. The Morgan fingerprint density at radius 1 is 0.974 bits per heavy atom. The molecule has 0 bridgehead atoms. The van der Waals surface area contributed by atoms with Gasteiger partial charge in [-0.3, -0.25) is 19.2 Å². The van der Waals surface area contributed by atoms with E-state index in [0.717, 1.165) is 0 Å². The molecular weight excluding hydrogens is 504 g/mol. The van der Waals surface area contributed by atoms with Crippen LogP contribution in [0, 0.1) is 5.92 Å². The lowest BCUT2D eigenvalue weighted by Crippen LogP contribution is -2.59. The predicted molar refractivity (Wildman–Crippen MR) is 134 cm³/mol. The number of hydrogen-bond acceptors (Lipinski definition) is 10. The van der Waals surface area contributed by atoms with Gasteiger partial charge in [-0.05, 0) is 43.2 Å². The number of benzene rings is 1. The standard InChI is InChI=1S/C24H38N4O10/c1-13(2)11-17(27-21(33)15(25)12-29)22(34)28-19(24(36,37)38)9-8-18(30)23(35)26-16-6-4-3-5-14(16)7-10-20(31)32/h3-6,13,15,17-19,29-30,36-38H,7-12,25H2,1-2H3,(H,26,35)(H,27,33)(H,28,34)(H,31,32)/t15-,17-,18?,19?/m0/s1. The number of hydrogen-bond donors (Lipinski definition) is 10. The van der Waals surface area contributed by atoms with Crippen molar-refractivity contribution in [3.63, 3.8) is 0 Å². The molecule has 1 rings (SSSR count). The lowest BCUT2D eigenvalue weighted by Gasteiger charge is -2.30. The van der Waals surface area contributed by atoms with Crippen molar-refractivity contribution in [2.24, 2.45) is 11.7 Å². The fourth-order valence-electron chi connectivity index (χ4n) is 3.47. The van der Waals surface area contributed by atoms with Gasteiger partial charge < -0.3 is 52.3 Å². The molecule has 0 aliphatic heterocycles. The highest BCUT2D eigenvalue weighted by Gasteiger charge is 2.36. The molecule has 14 nitrogen and oxygen atoms in total. The van der Waals surface area contributed by atoms with Gasteiger partial charge in [0, 0.05) is 12.1 Å². The summed E-state index contributed by atoms with van der Waals surface area (Å²) < 4.78 is 0. The molecule has 0 saturated carbocycles. The SMILES string of the molecule is CC(C)C[C@H](NC(=O)[C@@H](N)CO)C(=O)NC(CCC(O)C(=O)Nc1ccccc1CCC(=O)O)C(O)(O)O. The van der Waals surface area contributed by atoms with Gasteiger partial charge in [-0.2, -0.15) is 0 Å². The van der Waals surface area contributed by atoms with Crippen LogP contribution >= 0.6 is 0 Å². The Hall–Kier alpha value is -3.14. The zero-order valence-electron chi connectivity index (χ0n) is 21.3. The molecule has 214 valence electrons. The molecule has 1 aromatic rings. The van der Waals surface area contributed by atoms with E-state index in [4.69, 9.17) is 15.9 Å². The van der Waals surface area contributed by atoms with Crippen LogP contribution in [0.1, 0.15) is 45.1 Å². The first-order valence-electron chi connectivity index (χ1n) is 12.1. The van der Waals surface area contributed by atoms with Gasteiger partial charge >= 0.3 is 5.97 Å². The van der Waals surface area contributed by atoms with E-state index in [1.54, 1.807) is 32.0 Å². The van der Waals surface area contributed by atoms with Crippen molar-refractivity contribution in [3.8, 4) is 0 Å². The number of carboxylic acids is 1. The number of nitrogens with one attached hydrogen (secondary N) is 3. The van der Waals surface area contributed by atoms with Crippen molar-refractivity contribution >= 4 is 29.4 Å². The average Bonchev–Trinajstić information content (AvgIpc) is 2.83. The summed E-state index contributed by atoms with van der Waals surface area (Å²) in [6.45, 7) is 2.86. The fraction of sp³-hybridized carbons (Fsp3) is 0.583. The molecule has 0 spiro atoms. The summed E-state index contributed by atoms with van der Waals surface area (Å²) in [5.41, 5.74) is 6.28. The Morgan fingerprint density at radius 2 is 1.61 bits per heavy atom. The lowest BCUT2D eigenvalue weighted by molar-refractivity contribution is -0.327. The maximum Gasteiger partial charge on any atom is 0.303 e. The summed E-state index contributed by atoms with van der Waals surface area (Å²) in [5.74, 6) is -7.13. The van der Waals surface area contributed by atoms with Crippen molar-refractivity contribution in [1.29, 1.82) is 0 Å². The summed E-state index contributed by atoms with van der Waals surface area (Å²) in [4.78, 5) is 48.2. The third-order valence-corrected chi connectivity index (χ3v) is 5.57. The van der Waals surface area contributed by atoms with Crippen molar-refractivity contribution in [3.05, 3.63) is 29.8 Å². The van der Waals surface area contributed by atoms with Crippen LogP contribution in [0.3, 0.4) is 0 Å². The topological polar surface area (TPSA) is 252 Å². The molecule has 0 aliphatic rings. The number of aliphatic hydroxyl groups is 5. The summed E-state index contributed by atoms with van der Waals surface area (Å²) in [7, 11) is 0. The Kier molecular flexibility index (Phi) is 13.3. The molecular formula is C24H38N4O10. The Bertz CT molecular complexity index is 950. The first-order valence-corrected chi connectivity index (χ1v) is 12.1. The van der Waals surface area contributed by atoms with Crippen molar-refractivity contribution < 1.29 is 49.8 Å². The zero-order chi connectivity index (χ0) is 29.0. The molecule has 2 unspecified atom stereocenters. The number of aliphatic carboxylic acids is 1. The van der Waals surface area contributed by atoms with Gasteiger partial charge in [-0.25, -0.2) is 0 Å². The highest BCUT2D eigenvalue weighted by atomic mass is 16.7. The molecule has 0 aliphatic carbocycles. The molecule has 0 heterocycles. The van der Waals surface area contributed by atoms with E-state index in [1.165, 1.54) is 6.07 Å². The lowest BCUT2D eigenvalue weighted by atomic mass is 10.0. The van der Waals surface area contributed by atoms with Crippen LogP contribution in [0.15, 0.2) is 24.3 Å². The summed E-state index contributed by atoms with van der Waals surface area (Å²) in [6, 6.07) is 2.16. The first-order chi connectivity index (χ1) is 17.6. The number of para-hydroxylation sites is 1. The van der Waals surface area contributed by atoms with Gasteiger partial charge in [-0.15, -0.1) is 0 Å². The maximum atomic E-state index is 12.8. The summed E-state index contributed by atoms with van der Waals surface area (Å²) in [6.07, 6.45) is -2.51. The number of nitrogens with two attached hydrogens (primary N) is 1. The summed E-state index contributed by atoms with van der Waals surface area (Å²) in [5, 5.41) is 64.5. The molecule has 3 amide bonds. The van der Waals surface area contributed by atoms with Gasteiger partial charge in [0.15, 0.2) is 0 Å². The number of aliphatic hydroxyl groups excluding tert-OH is 2. The van der Waals surface area contributed by atoms with Crippen molar-refractivity contribution in [2.75, 3.05) is 11.9 Å². The number of carboxylic acid groups (broad SMARTS) is 1. The third-order valence-electron chi connectivity index (χ3n) is 5.57. The fourth-order valence-corrected chi connectivity index (χ4v) is 3.47. The minimum absolute atomic E-state index is 0.0964. The van der Waals surface area contributed by atoms with E-state index in [1.807, 2.05) is 0 Å².